The van der Waals surface area contributed by atoms with Gasteiger partial charge in [0.15, 0.2) is 0 Å². The van der Waals surface area contributed by atoms with E-state index in [1.54, 1.807) is 4.90 Å². The van der Waals surface area contributed by atoms with E-state index in [1.165, 1.54) is 0 Å². The van der Waals surface area contributed by atoms with E-state index in [9.17, 15) is 9.90 Å². The second-order valence-electron chi connectivity index (χ2n) is 7.89. The topological polar surface area (TPSA) is 40.5 Å². The molecule has 3 rings (SSSR count). The highest BCUT2D eigenvalue weighted by molar-refractivity contribution is 5.93. The van der Waals surface area contributed by atoms with Crippen LogP contribution in [0.1, 0.15) is 40.0 Å². The number of benzene rings is 1. The zero-order valence-electron chi connectivity index (χ0n) is 14.0. The van der Waals surface area contributed by atoms with Crippen LogP contribution in [0.2, 0.25) is 0 Å². The van der Waals surface area contributed by atoms with Crippen molar-refractivity contribution in [2.45, 2.75) is 46.1 Å². The lowest BCUT2D eigenvalue weighted by Gasteiger charge is -2.37. The second kappa shape index (κ2) is 5.09. The van der Waals surface area contributed by atoms with E-state index >= 15 is 0 Å². The van der Waals surface area contributed by atoms with E-state index in [0.717, 1.165) is 18.5 Å². The van der Waals surface area contributed by atoms with Crippen molar-refractivity contribution >= 4 is 11.6 Å². The Morgan fingerprint density at radius 2 is 1.91 bits per heavy atom. The lowest BCUT2D eigenvalue weighted by molar-refractivity contribution is -0.121. The van der Waals surface area contributed by atoms with E-state index in [4.69, 9.17) is 0 Å². The summed E-state index contributed by atoms with van der Waals surface area (Å²) in [4.78, 5) is 14.4. The van der Waals surface area contributed by atoms with Crippen molar-refractivity contribution < 1.29 is 9.90 Å². The van der Waals surface area contributed by atoms with Crippen molar-refractivity contribution in [1.29, 1.82) is 0 Å². The average molecular weight is 301 g/mol. The Labute approximate surface area is 133 Å². The molecule has 1 amide bonds. The molecule has 1 aromatic carbocycles. The Kier molecular flexibility index (Phi) is 3.59. The van der Waals surface area contributed by atoms with E-state index in [1.807, 2.05) is 37.4 Å². The Morgan fingerprint density at radius 3 is 2.45 bits per heavy atom. The lowest BCUT2D eigenvalue weighted by Crippen LogP contribution is -2.39. The zero-order valence-corrected chi connectivity index (χ0v) is 14.0. The molecule has 3 heteroatoms. The summed E-state index contributed by atoms with van der Waals surface area (Å²) in [7, 11) is 1.82. The molecule has 2 fully saturated rings. The quantitative estimate of drug-likeness (QED) is 0.928. The third kappa shape index (κ3) is 2.02. The van der Waals surface area contributed by atoms with E-state index in [-0.39, 0.29) is 28.8 Å². The maximum absolute atomic E-state index is 12.7. The third-order valence-corrected chi connectivity index (χ3v) is 6.88. The summed E-state index contributed by atoms with van der Waals surface area (Å²) in [6.45, 7) is 6.72. The van der Waals surface area contributed by atoms with Gasteiger partial charge >= 0.3 is 0 Å². The predicted molar refractivity (Wildman–Crippen MR) is 88.6 cm³/mol. The summed E-state index contributed by atoms with van der Waals surface area (Å²) in [6.07, 6.45) is 2.28. The standard InChI is InChI=1S/C19H27NO2/c1-18(2)15-10-11-19(18,3)17(22)14(15)12-16(21)20(4)13-8-6-5-7-9-13/h5-9,14-15,17,22H,10-12H2,1-4H3/t14-,15-,17-,19+/m1/s1. The molecule has 0 heterocycles. The fourth-order valence-electron chi connectivity index (χ4n) is 4.92. The highest BCUT2D eigenvalue weighted by atomic mass is 16.3. The van der Waals surface area contributed by atoms with Crippen LogP contribution >= 0.6 is 0 Å². The minimum Gasteiger partial charge on any atom is -0.392 e. The van der Waals surface area contributed by atoms with E-state index in [0.29, 0.717) is 12.3 Å². The fraction of sp³-hybridized carbons (Fsp3) is 0.632. The number of hydrogen-bond acceptors (Lipinski definition) is 2. The number of fused-ring (bicyclic) bond motifs is 2. The van der Waals surface area contributed by atoms with Gasteiger partial charge in [0.2, 0.25) is 5.91 Å². The Balaban J connectivity index is 1.76. The van der Waals surface area contributed by atoms with Crippen molar-refractivity contribution in [3.63, 3.8) is 0 Å². The number of amides is 1. The molecule has 4 atom stereocenters. The molecule has 2 aliphatic rings. The zero-order chi connectivity index (χ0) is 16.1. The van der Waals surface area contributed by atoms with Gasteiger partial charge in [-0.3, -0.25) is 4.79 Å². The van der Waals surface area contributed by atoms with Gasteiger partial charge in [-0.05, 0) is 47.6 Å². The van der Waals surface area contributed by atoms with Crippen LogP contribution in [0.4, 0.5) is 5.69 Å². The van der Waals surface area contributed by atoms with Crippen LogP contribution in [-0.4, -0.2) is 24.2 Å². The summed E-state index contributed by atoms with van der Waals surface area (Å²) in [5.41, 5.74) is 0.979. The smallest absolute Gasteiger partial charge is 0.227 e. The first-order valence-corrected chi connectivity index (χ1v) is 8.29. The monoisotopic (exact) mass is 301 g/mol. The summed E-state index contributed by atoms with van der Waals surface area (Å²) < 4.78 is 0. The molecular weight excluding hydrogens is 274 g/mol. The van der Waals surface area contributed by atoms with E-state index in [2.05, 4.69) is 20.8 Å². The molecule has 0 saturated heterocycles. The van der Waals surface area contributed by atoms with Gasteiger partial charge in [-0.25, -0.2) is 0 Å². The lowest BCUT2D eigenvalue weighted by atomic mass is 9.70. The second-order valence-corrected chi connectivity index (χ2v) is 7.89. The SMILES string of the molecule is CN(C(=O)C[C@@H]1[C@H]2CC[C@@](C)([C@@H]1O)C2(C)C)c1ccccc1. The van der Waals surface area contributed by atoms with Crippen LogP contribution < -0.4 is 4.90 Å². The molecule has 2 aliphatic carbocycles. The minimum absolute atomic E-state index is 0.0477. The van der Waals surface area contributed by atoms with Crippen molar-refractivity contribution in [1.82, 2.24) is 0 Å². The van der Waals surface area contributed by atoms with Gasteiger partial charge in [0.1, 0.15) is 0 Å². The highest BCUT2D eigenvalue weighted by Crippen LogP contribution is 2.68. The summed E-state index contributed by atoms with van der Waals surface area (Å²) in [6, 6.07) is 9.72. The van der Waals surface area contributed by atoms with Crippen LogP contribution in [0.5, 0.6) is 0 Å². The molecule has 2 saturated carbocycles. The molecular formula is C19H27NO2. The summed E-state index contributed by atoms with van der Waals surface area (Å²) in [5, 5.41) is 10.8. The normalized spacial score (nSPS) is 35.6. The molecule has 0 aliphatic heterocycles. The highest BCUT2D eigenvalue weighted by Gasteiger charge is 2.65. The Morgan fingerprint density at radius 1 is 1.27 bits per heavy atom. The van der Waals surface area contributed by atoms with Crippen molar-refractivity contribution in [3.05, 3.63) is 30.3 Å². The van der Waals surface area contributed by atoms with Crippen LogP contribution in [0.15, 0.2) is 30.3 Å². The summed E-state index contributed by atoms with van der Waals surface area (Å²) >= 11 is 0. The van der Waals surface area contributed by atoms with Crippen molar-refractivity contribution in [2.24, 2.45) is 22.7 Å². The number of carbonyl (C=O) groups excluding carboxylic acids is 1. The van der Waals surface area contributed by atoms with Gasteiger partial charge in [-0.1, -0.05) is 39.0 Å². The van der Waals surface area contributed by atoms with Gasteiger partial charge in [-0.15, -0.1) is 0 Å². The number of para-hydroxylation sites is 1. The van der Waals surface area contributed by atoms with Crippen LogP contribution in [0, 0.1) is 22.7 Å². The molecule has 0 aromatic heterocycles. The molecule has 120 valence electrons. The number of nitrogens with zero attached hydrogens (tertiary/aromatic N) is 1. The van der Waals surface area contributed by atoms with Gasteiger partial charge in [0.05, 0.1) is 6.10 Å². The number of carbonyl (C=O) groups is 1. The number of hydrogen-bond donors (Lipinski definition) is 1. The maximum Gasteiger partial charge on any atom is 0.227 e. The minimum atomic E-state index is -0.366. The van der Waals surface area contributed by atoms with Crippen molar-refractivity contribution in [2.75, 3.05) is 11.9 Å². The first kappa shape index (κ1) is 15.5. The number of aliphatic hydroxyl groups excluding tert-OH is 1. The first-order chi connectivity index (χ1) is 10.3. The van der Waals surface area contributed by atoms with Gasteiger partial charge in [0.25, 0.3) is 0 Å². The van der Waals surface area contributed by atoms with Gasteiger partial charge < -0.3 is 10.0 Å². The molecule has 2 bridgehead atoms. The molecule has 3 nitrogen and oxygen atoms in total. The molecule has 1 N–H and O–H groups in total. The predicted octanol–water partition coefficient (Wildman–Crippen LogP) is 3.47. The fourth-order valence-corrected chi connectivity index (χ4v) is 4.92. The molecule has 0 radical (unpaired) electrons. The molecule has 22 heavy (non-hydrogen) atoms. The third-order valence-electron chi connectivity index (χ3n) is 6.88. The van der Waals surface area contributed by atoms with Crippen LogP contribution in [-0.2, 0) is 4.79 Å². The summed E-state index contributed by atoms with van der Waals surface area (Å²) in [5.74, 6) is 0.634. The Bertz CT molecular complexity index is 568. The van der Waals surface area contributed by atoms with Gasteiger partial charge in [0, 0.05) is 19.2 Å². The van der Waals surface area contributed by atoms with Gasteiger partial charge in [-0.2, -0.15) is 0 Å². The van der Waals surface area contributed by atoms with Crippen LogP contribution in [0.25, 0.3) is 0 Å². The maximum atomic E-state index is 12.7. The number of rotatable bonds is 3. The van der Waals surface area contributed by atoms with Crippen molar-refractivity contribution in [3.8, 4) is 0 Å². The number of aliphatic hydroxyl groups is 1. The Hall–Kier alpha value is -1.35. The van der Waals surface area contributed by atoms with E-state index < -0.39 is 0 Å². The average Bonchev–Trinajstić information content (AvgIpc) is 2.81. The first-order valence-electron chi connectivity index (χ1n) is 8.29. The number of anilines is 1. The largest absolute Gasteiger partial charge is 0.392 e. The van der Waals surface area contributed by atoms with Crippen LogP contribution in [0.3, 0.4) is 0 Å². The molecule has 0 spiro atoms. The molecule has 0 unspecified atom stereocenters. The molecule has 1 aromatic rings.